The SMILES string of the molecule is CC(C)C(S)CNC(=O)OC(C)(C)C. The number of rotatable bonds is 3. The van der Waals surface area contributed by atoms with Gasteiger partial charge in [-0.05, 0) is 26.7 Å². The standard InChI is InChI=1S/C10H21NO2S/c1-7(2)8(14)6-11-9(12)13-10(3,4)5/h7-8,14H,6H2,1-5H3,(H,11,12). The van der Waals surface area contributed by atoms with Crippen LogP contribution in [0.3, 0.4) is 0 Å². The largest absolute Gasteiger partial charge is 0.444 e. The molecule has 0 saturated heterocycles. The van der Waals surface area contributed by atoms with Gasteiger partial charge in [0.1, 0.15) is 5.60 Å². The Morgan fingerprint density at radius 3 is 2.29 bits per heavy atom. The fraction of sp³-hybridized carbons (Fsp3) is 0.900. The minimum absolute atomic E-state index is 0.169. The van der Waals surface area contributed by atoms with Crippen LogP contribution in [-0.2, 0) is 4.74 Å². The summed E-state index contributed by atoms with van der Waals surface area (Å²) in [4.78, 5) is 11.2. The first-order valence-electron chi connectivity index (χ1n) is 4.87. The molecule has 0 heterocycles. The van der Waals surface area contributed by atoms with E-state index in [-0.39, 0.29) is 11.3 Å². The van der Waals surface area contributed by atoms with Gasteiger partial charge < -0.3 is 10.1 Å². The van der Waals surface area contributed by atoms with Gasteiger partial charge in [-0.25, -0.2) is 4.79 Å². The zero-order valence-electron chi connectivity index (χ0n) is 9.63. The minimum Gasteiger partial charge on any atom is -0.444 e. The van der Waals surface area contributed by atoms with Crippen LogP contribution < -0.4 is 5.32 Å². The highest BCUT2D eigenvalue weighted by Crippen LogP contribution is 2.09. The van der Waals surface area contributed by atoms with Crippen molar-refractivity contribution in [1.82, 2.24) is 5.32 Å². The van der Waals surface area contributed by atoms with Gasteiger partial charge >= 0.3 is 6.09 Å². The van der Waals surface area contributed by atoms with Crippen molar-refractivity contribution in [2.45, 2.75) is 45.5 Å². The molecule has 1 unspecified atom stereocenters. The predicted octanol–water partition coefficient (Wildman–Crippen LogP) is 2.47. The van der Waals surface area contributed by atoms with Gasteiger partial charge in [0.2, 0.25) is 0 Å². The first kappa shape index (κ1) is 13.6. The Labute approximate surface area is 92.0 Å². The molecule has 1 atom stereocenters. The Morgan fingerprint density at radius 1 is 1.43 bits per heavy atom. The second kappa shape index (κ2) is 5.49. The Balaban J connectivity index is 3.75. The van der Waals surface area contributed by atoms with Crippen molar-refractivity contribution >= 4 is 18.7 Å². The fourth-order valence-corrected chi connectivity index (χ4v) is 0.829. The van der Waals surface area contributed by atoms with Gasteiger partial charge in [0.05, 0.1) is 0 Å². The molecule has 14 heavy (non-hydrogen) atoms. The molecule has 0 saturated carbocycles. The Hall–Kier alpha value is -0.380. The molecule has 0 bridgehead atoms. The monoisotopic (exact) mass is 219 g/mol. The lowest BCUT2D eigenvalue weighted by molar-refractivity contribution is 0.0527. The first-order valence-corrected chi connectivity index (χ1v) is 5.39. The third kappa shape index (κ3) is 7.06. The van der Waals surface area contributed by atoms with Crippen molar-refractivity contribution in [3.63, 3.8) is 0 Å². The van der Waals surface area contributed by atoms with Gasteiger partial charge in [0.25, 0.3) is 0 Å². The molecular formula is C10H21NO2S. The van der Waals surface area contributed by atoms with Gasteiger partial charge in [0, 0.05) is 11.8 Å². The van der Waals surface area contributed by atoms with E-state index in [9.17, 15) is 4.79 Å². The van der Waals surface area contributed by atoms with Crippen LogP contribution in [0.15, 0.2) is 0 Å². The highest BCUT2D eigenvalue weighted by atomic mass is 32.1. The molecule has 84 valence electrons. The van der Waals surface area contributed by atoms with E-state index in [2.05, 4.69) is 31.8 Å². The lowest BCUT2D eigenvalue weighted by atomic mass is 10.1. The first-order chi connectivity index (χ1) is 6.22. The maximum atomic E-state index is 11.2. The molecule has 3 nitrogen and oxygen atoms in total. The molecule has 0 rings (SSSR count). The Bertz CT molecular complexity index is 187. The summed E-state index contributed by atoms with van der Waals surface area (Å²) >= 11 is 4.34. The third-order valence-electron chi connectivity index (χ3n) is 1.62. The molecule has 0 aromatic heterocycles. The number of amides is 1. The van der Waals surface area contributed by atoms with Crippen molar-refractivity contribution in [3.05, 3.63) is 0 Å². The van der Waals surface area contributed by atoms with E-state index in [4.69, 9.17) is 4.74 Å². The lowest BCUT2D eigenvalue weighted by Gasteiger charge is -2.21. The molecule has 0 aromatic carbocycles. The van der Waals surface area contributed by atoms with E-state index in [0.717, 1.165) is 0 Å². The molecule has 1 amide bonds. The maximum absolute atomic E-state index is 11.2. The molecule has 0 aromatic rings. The molecule has 4 heteroatoms. The minimum atomic E-state index is -0.436. The molecule has 0 spiro atoms. The second-order valence-electron chi connectivity index (χ2n) is 4.69. The summed E-state index contributed by atoms with van der Waals surface area (Å²) in [6, 6.07) is 0. The highest BCUT2D eigenvalue weighted by Gasteiger charge is 2.17. The number of carbonyl (C=O) groups is 1. The van der Waals surface area contributed by atoms with Gasteiger partial charge in [-0.1, -0.05) is 13.8 Å². The van der Waals surface area contributed by atoms with Crippen molar-refractivity contribution < 1.29 is 9.53 Å². The van der Waals surface area contributed by atoms with E-state index in [1.165, 1.54) is 0 Å². The van der Waals surface area contributed by atoms with Gasteiger partial charge in [-0.15, -0.1) is 0 Å². The average molecular weight is 219 g/mol. The number of hydrogen-bond donors (Lipinski definition) is 2. The molecule has 0 aliphatic heterocycles. The number of hydrogen-bond acceptors (Lipinski definition) is 3. The van der Waals surface area contributed by atoms with Crippen LogP contribution in [0.2, 0.25) is 0 Å². The summed E-state index contributed by atoms with van der Waals surface area (Å²) < 4.78 is 5.08. The van der Waals surface area contributed by atoms with Gasteiger partial charge in [-0.3, -0.25) is 0 Å². The van der Waals surface area contributed by atoms with Crippen LogP contribution in [-0.4, -0.2) is 23.5 Å². The zero-order valence-corrected chi connectivity index (χ0v) is 10.5. The van der Waals surface area contributed by atoms with Crippen molar-refractivity contribution in [2.75, 3.05) is 6.54 Å². The highest BCUT2D eigenvalue weighted by molar-refractivity contribution is 7.81. The third-order valence-corrected chi connectivity index (χ3v) is 2.40. The topological polar surface area (TPSA) is 38.3 Å². The number of carbonyl (C=O) groups excluding carboxylic acids is 1. The predicted molar refractivity (Wildman–Crippen MR) is 61.8 cm³/mol. The summed E-state index contributed by atoms with van der Waals surface area (Å²) in [6.07, 6.45) is -0.378. The van der Waals surface area contributed by atoms with Crippen LogP contribution in [0.1, 0.15) is 34.6 Å². The quantitative estimate of drug-likeness (QED) is 0.716. The van der Waals surface area contributed by atoms with E-state index >= 15 is 0 Å². The van der Waals surface area contributed by atoms with Crippen LogP contribution >= 0.6 is 12.6 Å². The summed E-state index contributed by atoms with van der Waals surface area (Å²) in [5.74, 6) is 0.438. The number of nitrogens with one attached hydrogen (secondary N) is 1. The number of alkyl carbamates (subject to hydrolysis) is 1. The van der Waals surface area contributed by atoms with Crippen molar-refractivity contribution in [2.24, 2.45) is 5.92 Å². The molecule has 0 aliphatic carbocycles. The Kier molecular flexibility index (Phi) is 5.34. The van der Waals surface area contributed by atoms with Gasteiger partial charge in [-0.2, -0.15) is 12.6 Å². The Morgan fingerprint density at radius 2 is 1.93 bits per heavy atom. The lowest BCUT2D eigenvalue weighted by Crippen LogP contribution is -2.36. The number of ether oxygens (including phenoxy) is 1. The van der Waals surface area contributed by atoms with E-state index in [1.807, 2.05) is 20.8 Å². The van der Waals surface area contributed by atoms with Crippen LogP contribution in [0.5, 0.6) is 0 Å². The van der Waals surface area contributed by atoms with Crippen molar-refractivity contribution in [3.8, 4) is 0 Å². The zero-order chi connectivity index (χ0) is 11.4. The molecule has 1 N–H and O–H groups in total. The van der Waals surface area contributed by atoms with E-state index < -0.39 is 5.60 Å². The van der Waals surface area contributed by atoms with Crippen LogP contribution in [0.4, 0.5) is 4.79 Å². The normalized spacial score (nSPS) is 13.9. The molecule has 0 radical (unpaired) electrons. The second-order valence-corrected chi connectivity index (χ2v) is 5.36. The van der Waals surface area contributed by atoms with E-state index in [0.29, 0.717) is 12.5 Å². The summed E-state index contributed by atoms with van der Waals surface area (Å²) in [5, 5.41) is 2.85. The summed E-state index contributed by atoms with van der Waals surface area (Å²) in [5.41, 5.74) is -0.436. The van der Waals surface area contributed by atoms with Gasteiger partial charge in [0.15, 0.2) is 0 Å². The number of thiol groups is 1. The molecular weight excluding hydrogens is 198 g/mol. The summed E-state index contributed by atoms with van der Waals surface area (Å²) in [7, 11) is 0. The smallest absolute Gasteiger partial charge is 0.407 e. The molecule has 0 fully saturated rings. The van der Waals surface area contributed by atoms with E-state index in [1.54, 1.807) is 0 Å². The average Bonchev–Trinajstić information content (AvgIpc) is 1.96. The fourth-order valence-electron chi connectivity index (χ4n) is 0.738. The summed E-state index contributed by atoms with van der Waals surface area (Å²) in [6.45, 7) is 10.2. The van der Waals surface area contributed by atoms with Crippen LogP contribution in [0, 0.1) is 5.92 Å². The maximum Gasteiger partial charge on any atom is 0.407 e. The molecule has 0 aliphatic rings. The van der Waals surface area contributed by atoms with Crippen LogP contribution in [0.25, 0.3) is 0 Å². The van der Waals surface area contributed by atoms with Crippen molar-refractivity contribution in [1.29, 1.82) is 0 Å².